The van der Waals surface area contributed by atoms with Gasteiger partial charge in [-0.05, 0) is 24.6 Å². The van der Waals surface area contributed by atoms with Crippen molar-refractivity contribution in [3.63, 3.8) is 0 Å². The van der Waals surface area contributed by atoms with E-state index in [1.165, 1.54) is 0 Å². The molecule has 0 spiro atoms. The average Bonchev–Trinajstić information content (AvgIpc) is 2.36. The number of amides is 2. The normalized spacial score (nSPS) is 9.11. The Hall–Kier alpha value is -2.48. The van der Waals surface area contributed by atoms with Crippen molar-refractivity contribution in [2.45, 2.75) is 19.8 Å². The number of carbonyl (C=O) groups excluding carboxylic acids is 1. The number of aliphatic carboxylic acids is 1. The highest BCUT2D eigenvalue weighted by Crippen LogP contribution is 2.09. The van der Waals surface area contributed by atoms with E-state index >= 15 is 0 Å². The van der Waals surface area contributed by atoms with Crippen LogP contribution in [0.15, 0.2) is 24.3 Å². The Morgan fingerprint density at radius 2 is 1.95 bits per heavy atom. The summed E-state index contributed by atoms with van der Waals surface area (Å²) in [5, 5.41) is 14.0. The molecule has 2 amide bonds. The molecule has 3 N–H and O–H groups in total. The highest BCUT2D eigenvalue weighted by Gasteiger charge is 2.02. The van der Waals surface area contributed by atoms with E-state index in [2.05, 4.69) is 22.5 Å². The second kappa shape index (κ2) is 7.77. The monoisotopic (exact) mass is 260 g/mol. The largest absolute Gasteiger partial charge is 0.481 e. The summed E-state index contributed by atoms with van der Waals surface area (Å²) in [6.45, 7) is 2.24. The SMILES string of the molecule is CC#CCCNC(=O)Nc1ccc(CC(=O)O)cc1. The molecule has 1 aromatic carbocycles. The maximum atomic E-state index is 11.5. The molecule has 5 nitrogen and oxygen atoms in total. The molecule has 0 atom stereocenters. The highest BCUT2D eigenvalue weighted by atomic mass is 16.4. The van der Waals surface area contributed by atoms with Gasteiger partial charge < -0.3 is 15.7 Å². The number of hydrogen-bond donors (Lipinski definition) is 3. The van der Waals surface area contributed by atoms with Crippen LogP contribution in [0.3, 0.4) is 0 Å². The number of carboxylic acids is 1. The van der Waals surface area contributed by atoms with E-state index in [1.807, 2.05) is 0 Å². The van der Waals surface area contributed by atoms with Gasteiger partial charge in [0.15, 0.2) is 0 Å². The molecule has 0 fully saturated rings. The van der Waals surface area contributed by atoms with Crippen molar-refractivity contribution in [1.82, 2.24) is 5.32 Å². The topological polar surface area (TPSA) is 78.4 Å². The van der Waals surface area contributed by atoms with Crippen LogP contribution in [-0.2, 0) is 11.2 Å². The van der Waals surface area contributed by atoms with Crippen LogP contribution in [0.1, 0.15) is 18.9 Å². The van der Waals surface area contributed by atoms with Crippen LogP contribution in [0, 0.1) is 11.8 Å². The van der Waals surface area contributed by atoms with Gasteiger partial charge in [0.1, 0.15) is 0 Å². The van der Waals surface area contributed by atoms with Gasteiger partial charge in [-0.25, -0.2) is 4.79 Å². The third-order valence-electron chi connectivity index (χ3n) is 2.28. The molecule has 0 bridgehead atoms. The number of urea groups is 1. The number of hydrogen-bond acceptors (Lipinski definition) is 2. The zero-order valence-corrected chi connectivity index (χ0v) is 10.7. The summed E-state index contributed by atoms with van der Waals surface area (Å²) < 4.78 is 0. The van der Waals surface area contributed by atoms with E-state index in [-0.39, 0.29) is 12.5 Å². The van der Waals surface area contributed by atoms with Crippen molar-refractivity contribution in [2.75, 3.05) is 11.9 Å². The Morgan fingerprint density at radius 1 is 1.26 bits per heavy atom. The minimum absolute atomic E-state index is 0.0256. The predicted octanol–water partition coefficient (Wildman–Crippen LogP) is 1.85. The predicted molar refractivity (Wildman–Crippen MR) is 72.9 cm³/mol. The first-order valence-electron chi connectivity index (χ1n) is 5.87. The Labute approximate surface area is 112 Å². The minimum Gasteiger partial charge on any atom is -0.481 e. The van der Waals surface area contributed by atoms with Crippen LogP contribution < -0.4 is 10.6 Å². The van der Waals surface area contributed by atoms with Gasteiger partial charge in [-0.15, -0.1) is 11.8 Å². The molecule has 0 radical (unpaired) electrons. The fourth-order valence-electron chi connectivity index (χ4n) is 1.42. The Bertz CT molecular complexity index is 498. The lowest BCUT2D eigenvalue weighted by molar-refractivity contribution is -0.136. The maximum absolute atomic E-state index is 11.5. The van der Waals surface area contributed by atoms with Crippen LogP contribution in [0.2, 0.25) is 0 Å². The molecule has 100 valence electrons. The average molecular weight is 260 g/mol. The van der Waals surface area contributed by atoms with Gasteiger partial charge >= 0.3 is 12.0 Å². The first-order valence-corrected chi connectivity index (χ1v) is 5.87. The Kier molecular flexibility index (Phi) is 5.96. The molecule has 0 aliphatic carbocycles. The number of carboxylic acid groups (broad SMARTS) is 1. The van der Waals surface area contributed by atoms with E-state index in [0.717, 1.165) is 0 Å². The third kappa shape index (κ3) is 6.13. The second-order valence-corrected chi connectivity index (χ2v) is 3.83. The van der Waals surface area contributed by atoms with E-state index in [0.29, 0.717) is 24.2 Å². The zero-order chi connectivity index (χ0) is 14.1. The van der Waals surface area contributed by atoms with Gasteiger partial charge in [-0.2, -0.15) is 0 Å². The summed E-state index contributed by atoms with van der Waals surface area (Å²) in [6.07, 6.45) is 0.587. The lowest BCUT2D eigenvalue weighted by Gasteiger charge is -2.06. The van der Waals surface area contributed by atoms with Crippen molar-refractivity contribution in [2.24, 2.45) is 0 Å². The van der Waals surface area contributed by atoms with Gasteiger partial charge in [0, 0.05) is 18.7 Å². The number of benzene rings is 1. The molecular weight excluding hydrogens is 244 g/mol. The van der Waals surface area contributed by atoms with Crippen LogP contribution in [0.5, 0.6) is 0 Å². The van der Waals surface area contributed by atoms with Gasteiger partial charge in [0.2, 0.25) is 0 Å². The second-order valence-electron chi connectivity index (χ2n) is 3.83. The molecule has 0 heterocycles. The molecule has 0 aliphatic rings. The smallest absolute Gasteiger partial charge is 0.319 e. The van der Waals surface area contributed by atoms with Crippen LogP contribution in [-0.4, -0.2) is 23.7 Å². The lowest BCUT2D eigenvalue weighted by Crippen LogP contribution is -2.29. The molecule has 5 heteroatoms. The molecule has 1 aromatic rings. The molecular formula is C14H16N2O3. The summed E-state index contributed by atoms with van der Waals surface area (Å²) in [5.74, 6) is 4.71. The lowest BCUT2D eigenvalue weighted by atomic mass is 10.1. The van der Waals surface area contributed by atoms with Crippen LogP contribution in [0.4, 0.5) is 10.5 Å². The molecule has 0 saturated carbocycles. The molecule has 1 rings (SSSR count). The number of carbonyl (C=O) groups is 2. The molecule has 0 aliphatic heterocycles. The molecule has 0 unspecified atom stereocenters. The van der Waals surface area contributed by atoms with E-state index in [1.54, 1.807) is 31.2 Å². The van der Waals surface area contributed by atoms with Gasteiger partial charge in [-0.3, -0.25) is 4.79 Å². The zero-order valence-electron chi connectivity index (χ0n) is 10.7. The summed E-state index contributed by atoms with van der Waals surface area (Å²) in [6, 6.07) is 6.38. The Morgan fingerprint density at radius 3 is 2.53 bits per heavy atom. The number of nitrogens with one attached hydrogen (secondary N) is 2. The first-order chi connectivity index (χ1) is 9.11. The standard InChI is InChI=1S/C14H16N2O3/c1-2-3-4-9-15-14(19)16-12-7-5-11(6-8-12)10-13(17)18/h5-8H,4,9-10H2,1H3,(H,17,18)(H2,15,16,19). The van der Waals surface area contributed by atoms with Gasteiger partial charge in [0.25, 0.3) is 0 Å². The maximum Gasteiger partial charge on any atom is 0.319 e. The van der Waals surface area contributed by atoms with Crippen molar-refractivity contribution in [3.05, 3.63) is 29.8 Å². The van der Waals surface area contributed by atoms with Gasteiger partial charge in [0.05, 0.1) is 6.42 Å². The fraction of sp³-hybridized carbons (Fsp3) is 0.286. The summed E-state index contributed by atoms with van der Waals surface area (Å²) in [5.41, 5.74) is 1.31. The van der Waals surface area contributed by atoms with E-state index in [9.17, 15) is 9.59 Å². The quantitative estimate of drug-likeness (QED) is 0.558. The van der Waals surface area contributed by atoms with Crippen molar-refractivity contribution < 1.29 is 14.7 Å². The first kappa shape index (κ1) is 14.6. The van der Waals surface area contributed by atoms with Crippen molar-refractivity contribution in [1.29, 1.82) is 0 Å². The highest BCUT2D eigenvalue weighted by molar-refractivity contribution is 5.89. The van der Waals surface area contributed by atoms with Crippen LogP contribution >= 0.6 is 0 Å². The minimum atomic E-state index is -0.879. The fourth-order valence-corrected chi connectivity index (χ4v) is 1.42. The number of rotatable bonds is 5. The van der Waals surface area contributed by atoms with E-state index in [4.69, 9.17) is 5.11 Å². The van der Waals surface area contributed by atoms with Gasteiger partial charge in [-0.1, -0.05) is 12.1 Å². The van der Waals surface area contributed by atoms with Crippen LogP contribution in [0.25, 0.3) is 0 Å². The van der Waals surface area contributed by atoms with E-state index < -0.39 is 5.97 Å². The summed E-state index contributed by atoms with van der Waals surface area (Å²) >= 11 is 0. The van der Waals surface area contributed by atoms with Crippen molar-refractivity contribution in [3.8, 4) is 11.8 Å². The third-order valence-corrected chi connectivity index (χ3v) is 2.28. The molecule has 0 saturated heterocycles. The Balaban J connectivity index is 2.41. The number of anilines is 1. The van der Waals surface area contributed by atoms with Crippen molar-refractivity contribution >= 4 is 17.7 Å². The molecule has 0 aromatic heterocycles. The summed E-state index contributed by atoms with van der Waals surface area (Å²) in [4.78, 5) is 22.0. The summed E-state index contributed by atoms with van der Waals surface area (Å²) in [7, 11) is 0. The molecule has 19 heavy (non-hydrogen) atoms.